The van der Waals surface area contributed by atoms with Crippen LogP contribution in [0.25, 0.3) is 5.70 Å². The Morgan fingerprint density at radius 3 is 2.16 bits per heavy atom. The van der Waals surface area contributed by atoms with Crippen molar-refractivity contribution < 1.29 is 38.3 Å². The predicted molar refractivity (Wildman–Crippen MR) is 236 cm³/mol. The fourth-order valence-electron chi connectivity index (χ4n) is 9.02. The Kier molecular flexibility index (Phi) is 13.0. The number of rotatable bonds is 13. The molecule has 18 nitrogen and oxygen atoms in total. The average molecular weight is 873 g/mol. The molecule has 0 bridgehead atoms. The number of likely N-dealkylation sites (tertiary alicyclic amines) is 1. The van der Waals surface area contributed by atoms with E-state index in [1.807, 2.05) is 35.2 Å². The highest BCUT2D eigenvalue weighted by Gasteiger charge is 2.44. The topological polar surface area (TPSA) is 242 Å². The summed E-state index contributed by atoms with van der Waals surface area (Å²) in [4.78, 5) is 101. The van der Waals surface area contributed by atoms with E-state index in [4.69, 9.17) is 16.2 Å². The average Bonchev–Trinajstić information content (AvgIpc) is 3.55. The summed E-state index contributed by atoms with van der Waals surface area (Å²) in [6.45, 7) is 4.63. The third-order valence-corrected chi connectivity index (χ3v) is 12.6. The molecule has 7 N–H and O–H groups in total. The fraction of sp³-hybridized carbons (Fsp3) is 0.391. The van der Waals surface area contributed by atoms with Gasteiger partial charge in [-0.2, -0.15) is 0 Å². The number of amidine groups is 1. The van der Waals surface area contributed by atoms with Gasteiger partial charge in [0.2, 0.25) is 23.6 Å². The van der Waals surface area contributed by atoms with Gasteiger partial charge >= 0.3 is 0 Å². The summed E-state index contributed by atoms with van der Waals surface area (Å²) in [5.74, 6) is -1.03. The number of para-hydroxylation sites is 1. The van der Waals surface area contributed by atoms with Crippen LogP contribution in [0, 0.1) is 5.92 Å². The number of nitrogens with one attached hydrogen (secondary N) is 3. The predicted octanol–water partition coefficient (Wildman–Crippen LogP) is 1.68. The van der Waals surface area contributed by atoms with Crippen LogP contribution >= 0.6 is 0 Å². The lowest BCUT2D eigenvalue weighted by molar-refractivity contribution is -0.136. The number of piperidine rings is 2. The third-order valence-electron chi connectivity index (χ3n) is 12.6. The van der Waals surface area contributed by atoms with Gasteiger partial charge in [0.1, 0.15) is 28.9 Å². The second-order valence-corrected chi connectivity index (χ2v) is 16.6. The zero-order chi connectivity index (χ0) is 44.9. The molecule has 8 rings (SSSR count). The number of fused-ring (bicyclic) bond motifs is 1. The van der Waals surface area contributed by atoms with Crippen LogP contribution < -0.4 is 32.2 Å². The number of imide groups is 2. The molecule has 7 amide bonds. The molecule has 0 radical (unpaired) electrons. The number of amides is 7. The standard InChI is InChI=1S/C46H52N10O8/c47-41(29-6-9-32(10-7-29)64-31-4-2-1-3-5-31)40(42(48)60)43-49-18-14-35(51-43)28-15-20-54(21-16-28)38(58)17-19-53-22-24-55(25-23-53)39(59)27-50-30-8-11-33-34(26-30)46(63)56(45(33)62)36-12-13-37(57)52-44(36)61/h1-11,26,28,35-36,50H,12-25,27,47H2,(H2,48,60)(H,49,51)(H,52,57,61)/t35-,36?/m0/s1. The lowest BCUT2D eigenvalue weighted by Gasteiger charge is -2.39. The smallest absolute Gasteiger partial charge is 0.262 e. The molecular weight excluding hydrogens is 821 g/mol. The Balaban J connectivity index is 0.753. The number of anilines is 1. The number of carbonyl (C=O) groups excluding carboxylic acids is 7. The van der Waals surface area contributed by atoms with Crippen molar-refractivity contribution in [1.29, 1.82) is 0 Å². The first-order chi connectivity index (χ1) is 30.9. The molecule has 0 saturated carbocycles. The van der Waals surface area contributed by atoms with Crippen LogP contribution in [0.5, 0.6) is 11.5 Å². The van der Waals surface area contributed by atoms with Gasteiger partial charge < -0.3 is 36.6 Å². The minimum absolute atomic E-state index is 0.0196. The summed E-state index contributed by atoms with van der Waals surface area (Å²) in [6, 6.07) is 20.2. The van der Waals surface area contributed by atoms with E-state index in [1.165, 1.54) is 12.1 Å². The van der Waals surface area contributed by atoms with Crippen molar-refractivity contribution in [3.05, 3.63) is 95.1 Å². The molecule has 1 unspecified atom stereocenters. The summed E-state index contributed by atoms with van der Waals surface area (Å²) < 4.78 is 5.89. The lowest BCUT2D eigenvalue weighted by Crippen LogP contribution is -2.54. The Morgan fingerprint density at radius 1 is 0.766 bits per heavy atom. The molecule has 3 saturated heterocycles. The number of hydrogen-bond acceptors (Lipinski definition) is 13. The van der Waals surface area contributed by atoms with E-state index in [0.29, 0.717) is 87.4 Å². The molecule has 5 aliphatic rings. The largest absolute Gasteiger partial charge is 0.457 e. The third kappa shape index (κ3) is 9.61. The Labute approximate surface area is 370 Å². The number of primary amides is 1. The van der Waals surface area contributed by atoms with E-state index in [1.54, 1.807) is 35.2 Å². The quantitative estimate of drug-likeness (QED) is 0.122. The van der Waals surface area contributed by atoms with Crippen molar-refractivity contribution in [2.45, 2.75) is 50.6 Å². The summed E-state index contributed by atoms with van der Waals surface area (Å²) in [7, 11) is 0. The highest BCUT2D eigenvalue weighted by molar-refractivity contribution is 6.25. The van der Waals surface area contributed by atoms with Crippen LogP contribution in [-0.4, -0.2) is 138 Å². The van der Waals surface area contributed by atoms with Crippen LogP contribution in [0.1, 0.15) is 64.8 Å². The number of hydrogen-bond donors (Lipinski definition) is 5. The zero-order valence-electron chi connectivity index (χ0n) is 35.4. The number of aliphatic imine (C=N–C) groups is 1. The number of nitrogens with two attached hydrogens (primary N) is 2. The lowest BCUT2D eigenvalue weighted by atomic mass is 9.86. The van der Waals surface area contributed by atoms with E-state index in [9.17, 15) is 33.6 Å². The molecular formula is C46H52N10O8. The summed E-state index contributed by atoms with van der Waals surface area (Å²) in [5, 5.41) is 8.71. The molecule has 0 aliphatic carbocycles. The molecule has 3 fully saturated rings. The minimum Gasteiger partial charge on any atom is -0.457 e. The first-order valence-corrected chi connectivity index (χ1v) is 21.7. The maximum absolute atomic E-state index is 13.3. The van der Waals surface area contributed by atoms with Gasteiger partial charge in [-0.3, -0.25) is 53.7 Å². The van der Waals surface area contributed by atoms with Gasteiger partial charge in [-0.05, 0) is 91.8 Å². The number of benzene rings is 3. The summed E-state index contributed by atoms with van der Waals surface area (Å²) in [6.07, 6.45) is 2.88. The highest BCUT2D eigenvalue weighted by Crippen LogP contribution is 2.31. The molecule has 5 aliphatic heterocycles. The van der Waals surface area contributed by atoms with Gasteiger partial charge in [0.25, 0.3) is 17.7 Å². The van der Waals surface area contributed by atoms with Crippen LogP contribution in [0.4, 0.5) is 5.69 Å². The number of ether oxygens (including phenoxy) is 1. The van der Waals surface area contributed by atoms with Crippen LogP contribution in [0.15, 0.2) is 83.4 Å². The van der Waals surface area contributed by atoms with Gasteiger partial charge in [-0.1, -0.05) is 18.2 Å². The molecule has 0 aromatic heterocycles. The Morgan fingerprint density at radius 2 is 1.45 bits per heavy atom. The van der Waals surface area contributed by atoms with Crippen molar-refractivity contribution in [2.24, 2.45) is 22.4 Å². The van der Waals surface area contributed by atoms with E-state index < -0.39 is 35.6 Å². The molecule has 64 heavy (non-hydrogen) atoms. The monoisotopic (exact) mass is 872 g/mol. The Bertz CT molecular complexity index is 2390. The number of nitrogens with zero attached hydrogens (tertiary/aromatic N) is 5. The fourth-order valence-corrected chi connectivity index (χ4v) is 9.02. The molecule has 18 heteroatoms. The van der Waals surface area contributed by atoms with Gasteiger partial charge in [-0.25, -0.2) is 0 Å². The first-order valence-electron chi connectivity index (χ1n) is 21.7. The number of piperazine rings is 1. The normalized spacial score (nSPS) is 21.1. The molecule has 5 heterocycles. The highest BCUT2D eigenvalue weighted by atomic mass is 16.5. The van der Waals surface area contributed by atoms with Crippen LogP contribution in [-0.2, 0) is 24.0 Å². The minimum atomic E-state index is -1.05. The van der Waals surface area contributed by atoms with Gasteiger partial charge in [0, 0.05) is 76.9 Å². The maximum Gasteiger partial charge on any atom is 0.262 e. The second-order valence-electron chi connectivity index (χ2n) is 16.6. The van der Waals surface area contributed by atoms with Gasteiger partial charge in [0.05, 0.1) is 23.4 Å². The Hall–Kier alpha value is -7.08. The van der Waals surface area contributed by atoms with E-state index in [0.717, 1.165) is 24.2 Å². The maximum atomic E-state index is 13.3. The molecule has 3 aromatic carbocycles. The van der Waals surface area contributed by atoms with Crippen molar-refractivity contribution >= 4 is 58.6 Å². The molecule has 0 spiro atoms. The van der Waals surface area contributed by atoms with Crippen molar-refractivity contribution in [1.82, 2.24) is 30.2 Å². The van der Waals surface area contributed by atoms with E-state index in [2.05, 4.69) is 25.8 Å². The SMILES string of the molecule is NC(=O)C(C1=NCC[C@@H](C2CCN(C(=O)CCN3CCN(C(=O)CNc4ccc5c(c4)C(=O)N(C4CCC(=O)NC4=O)C5=O)CC3)CC2)N1)=C(N)c1ccc(Oc2ccccc2)cc1. The van der Waals surface area contributed by atoms with Crippen molar-refractivity contribution in [3.63, 3.8) is 0 Å². The van der Waals surface area contributed by atoms with E-state index >= 15 is 0 Å². The number of carbonyl (C=O) groups is 7. The summed E-state index contributed by atoms with van der Waals surface area (Å²) in [5.41, 5.74) is 14.2. The van der Waals surface area contributed by atoms with Gasteiger partial charge in [0.15, 0.2) is 0 Å². The molecule has 2 atom stereocenters. The van der Waals surface area contributed by atoms with Gasteiger partial charge in [-0.15, -0.1) is 0 Å². The second kappa shape index (κ2) is 19.1. The zero-order valence-corrected chi connectivity index (χ0v) is 35.4. The first kappa shape index (κ1) is 43.6. The van der Waals surface area contributed by atoms with Crippen LogP contribution in [0.3, 0.4) is 0 Å². The van der Waals surface area contributed by atoms with Crippen molar-refractivity contribution in [3.8, 4) is 11.5 Å². The van der Waals surface area contributed by atoms with E-state index in [-0.39, 0.29) is 65.6 Å². The van der Waals surface area contributed by atoms with Crippen LogP contribution in [0.2, 0.25) is 0 Å². The molecule has 3 aromatic rings. The molecule has 334 valence electrons. The summed E-state index contributed by atoms with van der Waals surface area (Å²) >= 11 is 0. The van der Waals surface area contributed by atoms with Crippen molar-refractivity contribution in [2.75, 3.05) is 64.2 Å².